The largest absolute Gasteiger partial charge is 0.491 e. The SMILES string of the molecule is CC(C)CN(C(N)=O)C(=O)C(CC(O[Si](C)(C)C(C)(C)C)C(CC(CNC(=O)c1ccccc1OCCN1CCOCC1)C(C)C)NC(=O)OC(C)(C)C)C(C)C. The minimum atomic E-state index is -2.53. The Morgan fingerprint density at radius 1 is 0.930 bits per heavy atom. The van der Waals surface area contributed by atoms with E-state index in [1.807, 2.05) is 66.7 Å². The van der Waals surface area contributed by atoms with E-state index in [2.05, 4.69) is 63.2 Å². The van der Waals surface area contributed by atoms with Crippen molar-refractivity contribution in [3.63, 3.8) is 0 Å². The summed E-state index contributed by atoms with van der Waals surface area (Å²) in [4.78, 5) is 57.7. The summed E-state index contributed by atoms with van der Waals surface area (Å²) in [7, 11) is -2.53. The molecule has 14 heteroatoms. The fourth-order valence-electron chi connectivity index (χ4n) is 6.50. The van der Waals surface area contributed by atoms with Crippen molar-refractivity contribution >= 4 is 32.3 Å². The molecule has 0 spiro atoms. The molecule has 1 aliphatic rings. The number of urea groups is 1. The molecule has 1 aromatic carbocycles. The van der Waals surface area contributed by atoms with Gasteiger partial charge in [0.15, 0.2) is 8.32 Å². The third kappa shape index (κ3) is 16.9. The number of rotatable bonds is 20. The zero-order valence-corrected chi connectivity index (χ0v) is 38.7. The molecule has 13 nitrogen and oxygen atoms in total. The zero-order chi connectivity index (χ0) is 43.3. The van der Waals surface area contributed by atoms with Crippen LogP contribution in [0.2, 0.25) is 18.1 Å². The number of imide groups is 1. The molecule has 0 aromatic heterocycles. The predicted octanol–water partition coefficient (Wildman–Crippen LogP) is 7.30. The molecule has 4 N–H and O–H groups in total. The van der Waals surface area contributed by atoms with Crippen LogP contribution in [0.3, 0.4) is 0 Å². The highest BCUT2D eigenvalue weighted by Crippen LogP contribution is 2.40. The number of para-hydroxylation sites is 1. The first-order valence-electron chi connectivity index (χ1n) is 20.9. The van der Waals surface area contributed by atoms with Crippen LogP contribution in [0.5, 0.6) is 5.75 Å². The molecule has 1 aliphatic heterocycles. The Labute approximate surface area is 344 Å². The van der Waals surface area contributed by atoms with Crippen molar-refractivity contribution in [1.82, 2.24) is 20.4 Å². The smallest absolute Gasteiger partial charge is 0.407 e. The number of nitrogens with zero attached hydrogens (tertiary/aromatic N) is 2. The molecular formula is C43H77N5O8Si. The van der Waals surface area contributed by atoms with Gasteiger partial charge in [0.05, 0.1) is 30.9 Å². The van der Waals surface area contributed by atoms with Crippen molar-refractivity contribution in [2.24, 2.45) is 35.3 Å². The van der Waals surface area contributed by atoms with Crippen molar-refractivity contribution in [3.8, 4) is 5.75 Å². The lowest BCUT2D eigenvalue weighted by molar-refractivity contribution is -0.135. The molecule has 1 heterocycles. The molecule has 4 unspecified atom stereocenters. The van der Waals surface area contributed by atoms with Crippen LogP contribution in [0.1, 0.15) is 106 Å². The minimum Gasteiger partial charge on any atom is -0.491 e. The quantitative estimate of drug-likeness (QED) is 0.115. The van der Waals surface area contributed by atoms with Crippen LogP contribution in [-0.2, 0) is 18.7 Å². The highest BCUT2D eigenvalue weighted by molar-refractivity contribution is 6.74. The van der Waals surface area contributed by atoms with Crippen LogP contribution < -0.4 is 21.1 Å². The average Bonchev–Trinajstić information content (AvgIpc) is 3.08. The summed E-state index contributed by atoms with van der Waals surface area (Å²) in [6, 6.07) is 5.84. The maximum absolute atomic E-state index is 14.2. The van der Waals surface area contributed by atoms with E-state index in [1.165, 1.54) is 0 Å². The highest BCUT2D eigenvalue weighted by Gasteiger charge is 2.44. The van der Waals surface area contributed by atoms with E-state index in [0.717, 1.165) is 24.5 Å². The second kappa shape index (κ2) is 22.2. The van der Waals surface area contributed by atoms with Gasteiger partial charge in [-0.05, 0) is 87.5 Å². The zero-order valence-electron chi connectivity index (χ0n) is 37.7. The number of carbonyl (C=O) groups is 4. The van der Waals surface area contributed by atoms with E-state index in [9.17, 15) is 19.2 Å². The van der Waals surface area contributed by atoms with Crippen molar-refractivity contribution < 1.29 is 37.8 Å². The van der Waals surface area contributed by atoms with Crippen LogP contribution in [0.25, 0.3) is 0 Å². The monoisotopic (exact) mass is 820 g/mol. The third-order valence-electron chi connectivity index (χ3n) is 11.0. The number of nitrogens with two attached hydrogens (primary N) is 1. The van der Waals surface area contributed by atoms with Crippen molar-refractivity contribution in [3.05, 3.63) is 29.8 Å². The van der Waals surface area contributed by atoms with Gasteiger partial charge in [-0.2, -0.15) is 0 Å². The third-order valence-corrected chi connectivity index (χ3v) is 15.5. The maximum Gasteiger partial charge on any atom is 0.407 e. The minimum absolute atomic E-state index is 0.0192. The number of ether oxygens (including phenoxy) is 3. The van der Waals surface area contributed by atoms with E-state index in [4.69, 9.17) is 24.4 Å². The molecule has 57 heavy (non-hydrogen) atoms. The van der Waals surface area contributed by atoms with Gasteiger partial charge in [-0.1, -0.05) is 74.4 Å². The van der Waals surface area contributed by atoms with Gasteiger partial charge in [-0.25, -0.2) is 9.59 Å². The van der Waals surface area contributed by atoms with Crippen molar-refractivity contribution in [2.75, 3.05) is 52.5 Å². The first-order valence-corrected chi connectivity index (χ1v) is 23.8. The number of carbonyl (C=O) groups excluding carboxylic acids is 4. The number of benzene rings is 1. The number of alkyl carbamates (subject to hydrolysis) is 1. The maximum atomic E-state index is 14.2. The van der Waals surface area contributed by atoms with Gasteiger partial charge in [0.2, 0.25) is 5.91 Å². The highest BCUT2D eigenvalue weighted by atomic mass is 28.4. The number of nitrogens with one attached hydrogen (secondary N) is 2. The molecule has 1 fully saturated rings. The van der Waals surface area contributed by atoms with Crippen LogP contribution >= 0.6 is 0 Å². The van der Waals surface area contributed by atoms with Crippen LogP contribution in [0.4, 0.5) is 9.59 Å². The molecule has 1 saturated heterocycles. The van der Waals surface area contributed by atoms with Crippen LogP contribution in [-0.4, -0.2) is 112 Å². The number of primary amides is 1. The van der Waals surface area contributed by atoms with Crippen molar-refractivity contribution in [1.29, 1.82) is 0 Å². The second-order valence-corrected chi connectivity index (χ2v) is 23.9. The number of hydrogen-bond donors (Lipinski definition) is 3. The van der Waals surface area contributed by atoms with E-state index < -0.39 is 44.1 Å². The van der Waals surface area contributed by atoms with E-state index >= 15 is 0 Å². The standard InChI is InChI=1S/C43H77N5O8Si/c1-29(2)28-48(40(44)51)39(50)34(31(5)6)26-37(56-57(13,14)43(10,11)12)35(46-41(52)55-42(7,8)9)25-32(30(3)4)27-45-38(49)33-17-15-16-18-36(33)54-24-21-47-19-22-53-23-20-47/h15-18,29-32,34-35,37H,19-28H2,1-14H3,(H2,44,51)(H,45,49)(H,46,52). The molecule has 0 saturated carbocycles. The number of amides is 5. The molecule has 326 valence electrons. The Hall–Kier alpha value is -3.20. The van der Waals surface area contributed by atoms with E-state index in [1.54, 1.807) is 6.07 Å². The van der Waals surface area contributed by atoms with Crippen LogP contribution in [0.15, 0.2) is 24.3 Å². The van der Waals surface area contributed by atoms with Gasteiger partial charge in [-0.3, -0.25) is 19.4 Å². The van der Waals surface area contributed by atoms with Crippen molar-refractivity contribution in [2.45, 2.75) is 132 Å². The summed E-state index contributed by atoms with van der Waals surface area (Å²) in [5.74, 6) is -0.915. The lowest BCUT2D eigenvalue weighted by Gasteiger charge is -2.44. The molecule has 5 amide bonds. The lowest BCUT2D eigenvalue weighted by atomic mass is 9.82. The van der Waals surface area contributed by atoms with E-state index in [-0.39, 0.29) is 53.5 Å². The molecular weight excluding hydrogens is 743 g/mol. The summed E-state index contributed by atoms with van der Waals surface area (Å²) in [5.41, 5.74) is 5.47. The summed E-state index contributed by atoms with van der Waals surface area (Å²) >= 11 is 0. The Morgan fingerprint density at radius 3 is 2.07 bits per heavy atom. The summed E-state index contributed by atoms with van der Waals surface area (Å²) in [5, 5.41) is 6.12. The average molecular weight is 820 g/mol. The Bertz CT molecular complexity index is 1430. The van der Waals surface area contributed by atoms with Gasteiger partial charge in [-0.15, -0.1) is 0 Å². The Balaban J connectivity index is 2.50. The fourth-order valence-corrected chi connectivity index (χ4v) is 7.87. The number of morpholine rings is 1. The topological polar surface area (TPSA) is 162 Å². The number of hydrogen-bond acceptors (Lipinski definition) is 9. The second-order valence-electron chi connectivity index (χ2n) is 19.2. The molecule has 0 bridgehead atoms. The fraction of sp³-hybridized carbons (Fsp3) is 0.767. The molecule has 4 atom stereocenters. The Kier molecular flexibility index (Phi) is 19.5. The van der Waals surface area contributed by atoms with Crippen LogP contribution in [0, 0.1) is 29.6 Å². The normalized spacial score (nSPS) is 16.5. The summed E-state index contributed by atoms with van der Waals surface area (Å²) in [6.07, 6.45) is -0.589. The van der Waals surface area contributed by atoms with Gasteiger partial charge < -0.3 is 35.0 Å². The molecule has 0 aliphatic carbocycles. The van der Waals surface area contributed by atoms with Gasteiger partial charge in [0.1, 0.15) is 18.0 Å². The first kappa shape index (κ1) is 49.9. The summed E-state index contributed by atoms with van der Waals surface area (Å²) < 4.78 is 24.5. The predicted molar refractivity (Wildman–Crippen MR) is 229 cm³/mol. The lowest BCUT2D eigenvalue weighted by Crippen LogP contribution is -2.55. The Morgan fingerprint density at radius 2 is 1.54 bits per heavy atom. The van der Waals surface area contributed by atoms with E-state index in [0.29, 0.717) is 44.1 Å². The van der Waals surface area contributed by atoms with Gasteiger partial charge >= 0.3 is 12.1 Å². The molecule has 1 aromatic rings. The van der Waals surface area contributed by atoms with Gasteiger partial charge in [0.25, 0.3) is 5.91 Å². The molecule has 2 rings (SSSR count). The summed E-state index contributed by atoms with van der Waals surface area (Å²) in [6.45, 7) is 32.9. The first-order chi connectivity index (χ1) is 26.3. The molecule has 0 radical (unpaired) electrons. The van der Waals surface area contributed by atoms with Gasteiger partial charge in [0, 0.05) is 38.6 Å².